The van der Waals surface area contributed by atoms with Gasteiger partial charge in [0.15, 0.2) is 5.78 Å². The maximum Gasteiger partial charge on any atom is 0.165 e. The van der Waals surface area contributed by atoms with Crippen LogP contribution < -0.4 is 0 Å². The van der Waals surface area contributed by atoms with E-state index in [0.717, 1.165) is 12.8 Å². The van der Waals surface area contributed by atoms with Crippen molar-refractivity contribution < 1.29 is 9.90 Å². The molecule has 2 atom stereocenters. The first-order valence-electron chi connectivity index (χ1n) is 4.24. The Morgan fingerprint density at radius 2 is 2.18 bits per heavy atom. The highest BCUT2D eigenvalue weighted by molar-refractivity contribution is 5.92. The molecule has 0 bridgehead atoms. The molecule has 0 aliphatic heterocycles. The molecule has 2 fully saturated rings. The molecule has 2 aliphatic carbocycles. The SMILES string of the molecule is CC1(C)CC2CCC(=O)C21O. The van der Waals surface area contributed by atoms with Crippen molar-refractivity contribution in [1.82, 2.24) is 0 Å². The third kappa shape index (κ3) is 0.598. The number of hydrogen-bond donors (Lipinski definition) is 1. The van der Waals surface area contributed by atoms with Crippen LogP contribution in [0, 0.1) is 11.3 Å². The fraction of sp³-hybridized carbons (Fsp3) is 0.889. The minimum absolute atomic E-state index is 0.0683. The molecule has 0 aromatic heterocycles. The van der Waals surface area contributed by atoms with Crippen molar-refractivity contribution in [2.24, 2.45) is 11.3 Å². The van der Waals surface area contributed by atoms with E-state index in [-0.39, 0.29) is 17.1 Å². The zero-order valence-corrected chi connectivity index (χ0v) is 7.05. The molecule has 0 amide bonds. The van der Waals surface area contributed by atoms with Crippen molar-refractivity contribution in [2.75, 3.05) is 0 Å². The lowest BCUT2D eigenvalue weighted by Gasteiger charge is -2.54. The molecule has 11 heavy (non-hydrogen) atoms. The number of Topliss-reactive ketones (excluding diaryl/α,β-unsaturated/α-hetero) is 1. The molecule has 2 saturated carbocycles. The summed E-state index contributed by atoms with van der Waals surface area (Å²) in [5.41, 5.74) is -1.11. The average Bonchev–Trinajstić information content (AvgIpc) is 2.14. The lowest BCUT2D eigenvalue weighted by atomic mass is 9.53. The summed E-state index contributed by atoms with van der Waals surface area (Å²) < 4.78 is 0. The monoisotopic (exact) mass is 154 g/mol. The third-order valence-corrected chi connectivity index (χ3v) is 3.52. The van der Waals surface area contributed by atoms with Crippen LogP contribution in [0.5, 0.6) is 0 Å². The summed E-state index contributed by atoms with van der Waals surface area (Å²) in [6.45, 7) is 3.96. The van der Waals surface area contributed by atoms with Crippen molar-refractivity contribution in [3.63, 3.8) is 0 Å². The second kappa shape index (κ2) is 1.69. The first-order valence-corrected chi connectivity index (χ1v) is 4.24. The van der Waals surface area contributed by atoms with E-state index in [1.54, 1.807) is 0 Å². The lowest BCUT2D eigenvalue weighted by molar-refractivity contribution is -0.188. The Morgan fingerprint density at radius 1 is 1.55 bits per heavy atom. The summed E-state index contributed by atoms with van der Waals surface area (Å²) in [4.78, 5) is 11.3. The van der Waals surface area contributed by atoms with Crippen LogP contribution >= 0.6 is 0 Å². The maximum absolute atomic E-state index is 11.3. The highest BCUT2D eigenvalue weighted by Gasteiger charge is 2.66. The Kier molecular flexibility index (Phi) is 1.12. The Hall–Kier alpha value is -0.370. The molecule has 0 spiro atoms. The number of aliphatic hydroxyl groups is 1. The van der Waals surface area contributed by atoms with Gasteiger partial charge in [0.1, 0.15) is 5.60 Å². The Morgan fingerprint density at radius 3 is 2.55 bits per heavy atom. The average molecular weight is 154 g/mol. The van der Waals surface area contributed by atoms with Gasteiger partial charge in [-0.2, -0.15) is 0 Å². The Bertz CT molecular complexity index is 220. The van der Waals surface area contributed by atoms with Crippen LogP contribution in [-0.2, 0) is 4.79 Å². The van der Waals surface area contributed by atoms with Crippen molar-refractivity contribution >= 4 is 5.78 Å². The van der Waals surface area contributed by atoms with Gasteiger partial charge in [-0.15, -0.1) is 0 Å². The van der Waals surface area contributed by atoms with E-state index < -0.39 is 5.60 Å². The second-order valence-electron chi connectivity index (χ2n) is 4.51. The summed E-state index contributed by atoms with van der Waals surface area (Å²) in [5.74, 6) is 0.337. The number of fused-ring (bicyclic) bond motifs is 1. The zero-order valence-electron chi connectivity index (χ0n) is 7.05. The van der Waals surface area contributed by atoms with Crippen molar-refractivity contribution in [3.8, 4) is 0 Å². The molecule has 0 aromatic carbocycles. The number of carbonyl (C=O) groups excluding carboxylic acids is 1. The van der Waals surface area contributed by atoms with Crippen LogP contribution in [0.3, 0.4) is 0 Å². The molecule has 2 aliphatic rings. The van der Waals surface area contributed by atoms with Gasteiger partial charge >= 0.3 is 0 Å². The molecular weight excluding hydrogens is 140 g/mol. The van der Waals surface area contributed by atoms with E-state index in [1.165, 1.54) is 0 Å². The molecule has 0 heterocycles. The molecular formula is C9H14O2. The van der Waals surface area contributed by atoms with Gasteiger partial charge in [0.2, 0.25) is 0 Å². The summed E-state index contributed by atoms with van der Waals surface area (Å²) in [7, 11) is 0. The van der Waals surface area contributed by atoms with Gasteiger partial charge in [0, 0.05) is 11.8 Å². The van der Waals surface area contributed by atoms with Crippen LogP contribution in [0.25, 0.3) is 0 Å². The molecule has 1 N–H and O–H groups in total. The molecule has 2 unspecified atom stereocenters. The van der Waals surface area contributed by atoms with Gasteiger partial charge < -0.3 is 5.11 Å². The van der Waals surface area contributed by atoms with E-state index in [1.807, 2.05) is 13.8 Å². The zero-order chi connectivity index (χ0) is 8.28. The molecule has 0 aromatic rings. The predicted molar refractivity (Wildman–Crippen MR) is 41.1 cm³/mol. The highest BCUT2D eigenvalue weighted by atomic mass is 16.3. The van der Waals surface area contributed by atoms with Crippen LogP contribution in [0.4, 0.5) is 0 Å². The van der Waals surface area contributed by atoms with Crippen molar-refractivity contribution in [3.05, 3.63) is 0 Å². The van der Waals surface area contributed by atoms with E-state index in [2.05, 4.69) is 0 Å². The minimum Gasteiger partial charge on any atom is -0.381 e. The van der Waals surface area contributed by atoms with Crippen LogP contribution in [0.1, 0.15) is 33.1 Å². The number of ketones is 1. The quantitative estimate of drug-likeness (QED) is 0.568. The summed E-state index contributed by atoms with van der Waals surface area (Å²) >= 11 is 0. The van der Waals surface area contributed by atoms with E-state index in [9.17, 15) is 9.90 Å². The molecule has 0 saturated heterocycles. The van der Waals surface area contributed by atoms with E-state index in [4.69, 9.17) is 0 Å². The fourth-order valence-electron chi connectivity index (χ4n) is 2.75. The van der Waals surface area contributed by atoms with Crippen molar-refractivity contribution in [1.29, 1.82) is 0 Å². The second-order valence-corrected chi connectivity index (χ2v) is 4.51. The Balaban J connectivity index is 2.36. The first kappa shape index (κ1) is 7.29. The largest absolute Gasteiger partial charge is 0.381 e. The standard InChI is InChI=1S/C9H14O2/c1-8(2)5-6-3-4-7(10)9(6,8)11/h6,11H,3-5H2,1-2H3. The van der Waals surface area contributed by atoms with Gasteiger partial charge in [-0.05, 0) is 18.8 Å². The molecule has 2 heteroatoms. The van der Waals surface area contributed by atoms with Crippen molar-refractivity contribution in [2.45, 2.75) is 38.7 Å². The van der Waals surface area contributed by atoms with Gasteiger partial charge in [-0.1, -0.05) is 13.8 Å². The molecule has 0 radical (unpaired) electrons. The van der Waals surface area contributed by atoms with Crippen LogP contribution in [0.15, 0.2) is 0 Å². The molecule has 2 rings (SSSR count). The first-order chi connectivity index (χ1) is 4.98. The van der Waals surface area contributed by atoms with Gasteiger partial charge in [0.25, 0.3) is 0 Å². The molecule has 2 nitrogen and oxygen atoms in total. The maximum atomic E-state index is 11.3. The summed E-state index contributed by atoms with van der Waals surface area (Å²) in [6.07, 6.45) is 2.50. The normalized spacial score (nSPS) is 46.8. The Labute approximate surface area is 66.6 Å². The minimum atomic E-state index is -0.951. The predicted octanol–water partition coefficient (Wildman–Crippen LogP) is 1.13. The summed E-state index contributed by atoms with van der Waals surface area (Å²) in [6, 6.07) is 0. The van der Waals surface area contributed by atoms with E-state index in [0.29, 0.717) is 6.42 Å². The number of carbonyl (C=O) groups is 1. The lowest BCUT2D eigenvalue weighted by Crippen LogP contribution is -2.62. The fourth-order valence-corrected chi connectivity index (χ4v) is 2.75. The topological polar surface area (TPSA) is 37.3 Å². The number of rotatable bonds is 0. The number of hydrogen-bond acceptors (Lipinski definition) is 2. The van der Waals surface area contributed by atoms with Crippen LogP contribution in [0.2, 0.25) is 0 Å². The smallest absolute Gasteiger partial charge is 0.165 e. The molecule has 62 valence electrons. The van der Waals surface area contributed by atoms with E-state index >= 15 is 0 Å². The highest BCUT2D eigenvalue weighted by Crippen LogP contribution is 2.59. The summed E-state index contributed by atoms with van der Waals surface area (Å²) in [5, 5.41) is 10.00. The van der Waals surface area contributed by atoms with Gasteiger partial charge in [-0.25, -0.2) is 0 Å². The van der Waals surface area contributed by atoms with Crippen LogP contribution in [-0.4, -0.2) is 16.5 Å². The third-order valence-electron chi connectivity index (χ3n) is 3.52. The van der Waals surface area contributed by atoms with Gasteiger partial charge in [0.05, 0.1) is 0 Å². The van der Waals surface area contributed by atoms with Gasteiger partial charge in [-0.3, -0.25) is 4.79 Å².